The summed E-state index contributed by atoms with van der Waals surface area (Å²) >= 11 is 0. The van der Waals surface area contributed by atoms with Crippen LogP contribution in [0.1, 0.15) is 68.7 Å². The number of Topliss-reactive ketones (excluding diaryl/α,β-unsaturated/α-hetero) is 2. The molecule has 0 aliphatic heterocycles. The second kappa shape index (κ2) is 21.2. The van der Waals surface area contributed by atoms with E-state index in [0.717, 1.165) is 18.1 Å². The monoisotopic (exact) mass is 514 g/mol. The number of anilines is 2. The van der Waals surface area contributed by atoms with Gasteiger partial charge in [0.25, 0.3) is 5.91 Å². The molecule has 0 bridgehead atoms. The Balaban J connectivity index is -0.000000589. The zero-order valence-electron chi connectivity index (χ0n) is 23.5. The Bertz CT molecular complexity index is 1020. The molecule has 0 saturated carbocycles. The Morgan fingerprint density at radius 1 is 0.865 bits per heavy atom. The quantitative estimate of drug-likeness (QED) is 0.117. The summed E-state index contributed by atoms with van der Waals surface area (Å²) < 4.78 is 0. The Morgan fingerprint density at radius 3 is 1.65 bits per heavy atom. The van der Waals surface area contributed by atoms with Gasteiger partial charge in [0.2, 0.25) is 5.91 Å². The molecule has 1 aromatic rings. The third kappa shape index (κ3) is 17.0. The number of nitrogens with two attached hydrogens (primary N) is 1. The van der Waals surface area contributed by atoms with Crippen LogP contribution in [-0.2, 0) is 24.0 Å². The molecular formula is C28H42N4O5. The van der Waals surface area contributed by atoms with Gasteiger partial charge >= 0.3 is 0 Å². The molecule has 9 heteroatoms. The first kappa shape index (κ1) is 37.4. The predicted octanol–water partition coefficient (Wildman–Crippen LogP) is 5.14. The van der Waals surface area contributed by atoms with Crippen molar-refractivity contribution >= 4 is 46.8 Å². The highest BCUT2D eigenvalue weighted by atomic mass is 16.2. The Labute approximate surface area is 220 Å². The third-order valence-electron chi connectivity index (χ3n) is 4.28. The van der Waals surface area contributed by atoms with Crippen LogP contribution in [0.25, 0.3) is 0 Å². The second-order valence-electron chi connectivity index (χ2n) is 7.13. The zero-order chi connectivity index (χ0) is 29.7. The topological polar surface area (TPSA) is 159 Å². The number of amides is 2. The summed E-state index contributed by atoms with van der Waals surface area (Å²) in [4.78, 5) is 54.5. The minimum absolute atomic E-state index is 0.00302. The maximum atomic E-state index is 11.4. The number of hydrogen-bond donors (Lipinski definition) is 4. The van der Waals surface area contributed by atoms with Crippen molar-refractivity contribution in [3.63, 3.8) is 0 Å². The minimum Gasteiger partial charge on any atom is -0.398 e. The van der Waals surface area contributed by atoms with E-state index in [0.29, 0.717) is 28.9 Å². The lowest BCUT2D eigenvalue weighted by Gasteiger charge is -2.06. The van der Waals surface area contributed by atoms with Crippen LogP contribution in [0.15, 0.2) is 59.3 Å². The molecule has 0 fully saturated rings. The summed E-state index contributed by atoms with van der Waals surface area (Å²) in [6.45, 7) is 20.0. The van der Waals surface area contributed by atoms with Gasteiger partial charge in [0.1, 0.15) is 6.29 Å². The molecule has 204 valence electrons. The first-order valence-electron chi connectivity index (χ1n) is 11.9. The van der Waals surface area contributed by atoms with Crippen LogP contribution in [-0.4, -0.2) is 35.4 Å². The smallest absolute Gasteiger partial charge is 0.277 e. The van der Waals surface area contributed by atoms with E-state index >= 15 is 0 Å². The van der Waals surface area contributed by atoms with Crippen molar-refractivity contribution in [1.82, 2.24) is 0 Å². The molecule has 0 radical (unpaired) electrons. The molecule has 1 rings (SSSR count). The van der Waals surface area contributed by atoms with E-state index in [1.165, 1.54) is 31.2 Å². The number of aldehydes is 1. The number of carbonyl (C=O) groups excluding carboxylic acids is 5. The molecule has 0 aliphatic rings. The van der Waals surface area contributed by atoms with E-state index in [1.54, 1.807) is 13.0 Å². The molecule has 0 atom stereocenters. The molecular weight excluding hydrogens is 472 g/mol. The SMILES string of the molecule is C=C(C)/C(C)=C/C(N)=C(\C)C(C)=O.CC.CC.CC(=O)C(=N)C(=O)Nc1ccc(NC(=O)CC=O)cc1. The lowest BCUT2D eigenvalue weighted by Crippen LogP contribution is -2.27. The number of hydrogen-bond acceptors (Lipinski definition) is 7. The van der Waals surface area contributed by atoms with Crippen LogP contribution in [0, 0.1) is 5.41 Å². The molecule has 2 amide bonds. The highest BCUT2D eigenvalue weighted by Gasteiger charge is 2.14. The maximum absolute atomic E-state index is 11.4. The van der Waals surface area contributed by atoms with Gasteiger partial charge in [0.15, 0.2) is 17.3 Å². The molecule has 0 aliphatic carbocycles. The lowest BCUT2D eigenvalue weighted by atomic mass is 10.1. The van der Waals surface area contributed by atoms with Gasteiger partial charge in [-0.1, -0.05) is 39.8 Å². The van der Waals surface area contributed by atoms with Crippen molar-refractivity contribution in [3.05, 3.63) is 59.3 Å². The molecule has 0 spiro atoms. The lowest BCUT2D eigenvalue weighted by molar-refractivity contribution is -0.120. The number of allylic oxidation sites excluding steroid dienone is 4. The van der Waals surface area contributed by atoms with Crippen molar-refractivity contribution in [2.45, 2.75) is 68.7 Å². The van der Waals surface area contributed by atoms with Crippen molar-refractivity contribution in [2.75, 3.05) is 10.6 Å². The summed E-state index contributed by atoms with van der Waals surface area (Å²) in [5, 5.41) is 12.1. The van der Waals surface area contributed by atoms with Crippen molar-refractivity contribution in [2.24, 2.45) is 5.73 Å². The molecule has 5 N–H and O–H groups in total. The van der Waals surface area contributed by atoms with Gasteiger partial charge in [0, 0.05) is 29.6 Å². The van der Waals surface area contributed by atoms with E-state index in [2.05, 4.69) is 17.2 Å². The fourth-order valence-electron chi connectivity index (χ4n) is 1.95. The fourth-order valence-corrected chi connectivity index (χ4v) is 1.95. The summed E-state index contributed by atoms with van der Waals surface area (Å²) in [6, 6.07) is 6.05. The average molecular weight is 515 g/mol. The highest BCUT2D eigenvalue weighted by Crippen LogP contribution is 2.14. The van der Waals surface area contributed by atoms with Gasteiger partial charge in [-0.05, 0) is 63.6 Å². The molecule has 1 aromatic carbocycles. The van der Waals surface area contributed by atoms with Gasteiger partial charge in [-0.25, -0.2) is 0 Å². The summed E-state index contributed by atoms with van der Waals surface area (Å²) in [7, 11) is 0. The van der Waals surface area contributed by atoms with Crippen LogP contribution in [0.2, 0.25) is 0 Å². The number of ketones is 2. The van der Waals surface area contributed by atoms with Gasteiger partial charge in [-0.3, -0.25) is 24.6 Å². The summed E-state index contributed by atoms with van der Waals surface area (Å²) in [5.41, 5.74) is 8.99. The first-order chi connectivity index (χ1) is 17.3. The van der Waals surface area contributed by atoms with E-state index in [4.69, 9.17) is 11.1 Å². The highest BCUT2D eigenvalue weighted by molar-refractivity contribution is 6.66. The largest absolute Gasteiger partial charge is 0.398 e. The summed E-state index contributed by atoms with van der Waals surface area (Å²) in [5.74, 6) is -1.85. The standard InChI is InChI=1S/C13H13N3O4.C11H17NO.2C2H6/c1-8(18)12(14)13(20)16-10-4-2-9(3-5-10)15-11(19)6-7-17;1-7(2)8(3)6-11(12)9(4)10(5)13;2*1-2/h2-5,7,14H,6H2,1H3,(H,15,19)(H,16,20);6H,1,12H2,2-5H3;2*1-2H3/b;8-6+,11-9-;;. The van der Waals surface area contributed by atoms with Gasteiger partial charge in [-0.2, -0.15) is 0 Å². The van der Waals surface area contributed by atoms with Crippen LogP contribution < -0.4 is 16.4 Å². The molecule has 0 aromatic heterocycles. The minimum atomic E-state index is -0.796. The third-order valence-corrected chi connectivity index (χ3v) is 4.28. The van der Waals surface area contributed by atoms with E-state index < -0.39 is 23.3 Å². The van der Waals surface area contributed by atoms with Crippen LogP contribution >= 0.6 is 0 Å². The van der Waals surface area contributed by atoms with Gasteiger partial charge < -0.3 is 21.2 Å². The molecule has 0 saturated heterocycles. The van der Waals surface area contributed by atoms with E-state index in [-0.39, 0.29) is 12.2 Å². The number of rotatable bonds is 9. The Kier molecular flexibility index (Phi) is 21.4. The number of benzene rings is 1. The predicted molar refractivity (Wildman–Crippen MR) is 152 cm³/mol. The fraction of sp³-hybridized carbons (Fsp3) is 0.357. The van der Waals surface area contributed by atoms with Crippen LogP contribution in [0.3, 0.4) is 0 Å². The summed E-state index contributed by atoms with van der Waals surface area (Å²) in [6.07, 6.45) is 2.05. The van der Waals surface area contributed by atoms with Gasteiger partial charge in [-0.15, -0.1) is 0 Å². The normalized spacial score (nSPS) is 10.2. The molecule has 0 heterocycles. The average Bonchev–Trinajstić information content (AvgIpc) is 2.86. The number of carbonyl (C=O) groups is 5. The van der Waals surface area contributed by atoms with Gasteiger partial charge in [0.05, 0.1) is 6.42 Å². The van der Waals surface area contributed by atoms with E-state index in [9.17, 15) is 24.0 Å². The molecule has 37 heavy (non-hydrogen) atoms. The Hall–Kier alpha value is -4.14. The Morgan fingerprint density at radius 2 is 1.30 bits per heavy atom. The van der Waals surface area contributed by atoms with Crippen molar-refractivity contribution < 1.29 is 24.0 Å². The van der Waals surface area contributed by atoms with Crippen LogP contribution in [0.4, 0.5) is 11.4 Å². The van der Waals surface area contributed by atoms with E-state index in [1.807, 2.05) is 41.5 Å². The van der Waals surface area contributed by atoms with Crippen molar-refractivity contribution in [3.8, 4) is 0 Å². The van der Waals surface area contributed by atoms with Crippen molar-refractivity contribution in [1.29, 1.82) is 5.41 Å². The molecule has 0 unspecified atom stereocenters. The first-order valence-corrected chi connectivity index (χ1v) is 11.9. The maximum Gasteiger partial charge on any atom is 0.277 e. The van der Waals surface area contributed by atoms with Crippen LogP contribution in [0.5, 0.6) is 0 Å². The zero-order valence-corrected chi connectivity index (χ0v) is 23.5. The number of nitrogens with one attached hydrogen (secondary N) is 3. The molecule has 9 nitrogen and oxygen atoms in total. The second-order valence-corrected chi connectivity index (χ2v) is 7.13.